The van der Waals surface area contributed by atoms with Crippen LogP contribution in [0.25, 0.3) is 0 Å². The molecule has 1 aliphatic heterocycles. The molecule has 1 unspecified atom stereocenters. The van der Waals surface area contributed by atoms with E-state index < -0.39 is 11.9 Å². The first-order valence-electron chi connectivity index (χ1n) is 9.35. The van der Waals surface area contributed by atoms with Gasteiger partial charge >= 0.3 is 5.97 Å². The van der Waals surface area contributed by atoms with Crippen LogP contribution < -0.4 is 0 Å². The van der Waals surface area contributed by atoms with Crippen molar-refractivity contribution in [1.82, 2.24) is 9.80 Å². The predicted octanol–water partition coefficient (Wildman–Crippen LogP) is 2.25. The van der Waals surface area contributed by atoms with Crippen molar-refractivity contribution >= 4 is 17.8 Å². The lowest BCUT2D eigenvalue weighted by molar-refractivity contribution is -0.144. The SMILES string of the molecule is CC(CN(C(=O)C1CCN(C(=O)c2ccccc2)CC1)C1CC1)C(=O)O. The Hall–Kier alpha value is -2.37. The number of hydrogen-bond acceptors (Lipinski definition) is 3. The van der Waals surface area contributed by atoms with Crippen molar-refractivity contribution in [2.24, 2.45) is 11.8 Å². The van der Waals surface area contributed by atoms with Crippen LogP contribution in [0.5, 0.6) is 0 Å². The minimum Gasteiger partial charge on any atom is -0.481 e. The minimum atomic E-state index is -0.869. The number of benzene rings is 1. The molecule has 3 rings (SSSR count). The molecule has 1 N–H and O–H groups in total. The number of carbonyl (C=O) groups excluding carboxylic acids is 2. The molecular formula is C20H26N2O4. The average Bonchev–Trinajstić information content (AvgIpc) is 3.50. The van der Waals surface area contributed by atoms with E-state index in [4.69, 9.17) is 5.11 Å². The lowest BCUT2D eigenvalue weighted by atomic mass is 9.94. The van der Waals surface area contributed by atoms with Gasteiger partial charge < -0.3 is 14.9 Å². The fourth-order valence-electron chi connectivity index (χ4n) is 3.51. The predicted molar refractivity (Wildman–Crippen MR) is 96.6 cm³/mol. The van der Waals surface area contributed by atoms with E-state index in [1.165, 1.54) is 0 Å². The van der Waals surface area contributed by atoms with Crippen molar-refractivity contribution < 1.29 is 19.5 Å². The summed E-state index contributed by atoms with van der Waals surface area (Å²) in [6.07, 6.45) is 3.21. The first-order chi connectivity index (χ1) is 12.5. The van der Waals surface area contributed by atoms with E-state index >= 15 is 0 Å². The standard InChI is InChI=1S/C20H26N2O4/c1-14(20(25)26)13-22(17-7-8-17)19(24)16-9-11-21(12-10-16)18(23)15-5-3-2-4-6-15/h2-6,14,16-17H,7-13H2,1H3,(H,25,26). The molecule has 1 aliphatic carbocycles. The average molecular weight is 358 g/mol. The number of carbonyl (C=O) groups is 3. The van der Waals surface area contributed by atoms with Gasteiger partial charge in [0.1, 0.15) is 0 Å². The van der Waals surface area contributed by atoms with Crippen LogP contribution in [-0.4, -0.2) is 58.4 Å². The van der Waals surface area contributed by atoms with E-state index in [0.29, 0.717) is 31.5 Å². The highest BCUT2D eigenvalue weighted by Crippen LogP contribution is 2.31. The van der Waals surface area contributed by atoms with Gasteiger partial charge in [-0.3, -0.25) is 14.4 Å². The van der Waals surface area contributed by atoms with Crippen molar-refractivity contribution in [1.29, 1.82) is 0 Å². The Morgan fingerprint density at radius 2 is 1.73 bits per heavy atom. The molecule has 1 saturated carbocycles. The zero-order chi connectivity index (χ0) is 18.7. The highest BCUT2D eigenvalue weighted by atomic mass is 16.4. The van der Waals surface area contributed by atoms with E-state index in [9.17, 15) is 14.4 Å². The van der Waals surface area contributed by atoms with E-state index in [1.54, 1.807) is 16.7 Å². The van der Waals surface area contributed by atoms with Crippen LogP contribution in [0.15, 0.2) is 30.3 Å². The summed E-state index contributed by atoms with van der Waals surface area (Å²) in [7, 11) is 0. The molecule has 0 radical (unpaired) electrons. The monoisotopic (exact) mass is 358 g/mol. The van der Waals surface area contributed by atoms with Gasteiger partial charge in [0.25, 0.3) is 5.91 Å². The molecule has 26 heavy (non-hydrogen) atoms. The number of likely N-dealkylation sites (tertiary alicyclic amines) is 1. The molecule has 6 nitrogen and oxygen atoms in total. The van der Waals surface area contributed by atoms with Crippen molar-refractivity contribution in [3.8, 4) is 0 Å². The molecule has 0 aromatic heterocycles. The number of piperidine rings is 1. The van der Waals surface area contributed by atoms with Gasteiger partial charge in [0, 0.05) is 37.2 Å². The summed E-state index contributed by atoms with van der Waals surface area (Å²) in [4.78, 5) is 40.2. The molecule has 6 heteroatoms. The van der Waals surface area contributed by atoms with Crippen LogP contribution in [0.1, 0.15) is 43.0 Å². The fraction of sp³-hybridized carbons (Fsp3) is 0.550. The Balaban J connectivity index is 1.57. The van der Waals surface area contributed by atoms with Gasteiger partial charge in [-0.05, 0) is 37.8 Å². The molecule has 2 fully saturated rings. The Labute approximate surface area is 153 Å². The highest BCUT2D eigenvalue weighted by Gasteiger charge is 2.38. The van der Waals surface area contributed by atoms with Crippen molar-refractivity contribution in [2.75, 3.05) is 19.6 Å². The van der Waals surface area contributed by atoms with Gasteiger partial charge in [0.15, 0.2) is 0 Å². The Kier molecular flexibility index (Phi) is 5.59. The molecule has 1 heterocycles. The van der Waals surface area contributed by atoms with Crippen LogP contribution in [0.2, 0.25) is 0 Å². The molecule has 140 valence electrons. The number of rotatable bonds is 6. The lowest BCUT2D eigenvalue weighted by Gasteiger charge is -2.35. The van der Waals surface area contributed by atoms with Crippen molar-refractivity contribution in [3.63, 3.8) is 0 Å². The first-order valence-corrected chi connectivity index (χ1v) is 9.35. The van der Waals surface area contributed by atoms with E-state index in [0.717, 1.165) is 12.8 Å². The highest BCUT2D eigenvalue weighted by molar-refractivity contribution is 5.94. The second-order valence-corrected chi connectivity index (χ2v) is 7.39. The van der Waals surface area contributed by atoms with Gasteiger partial charge in [-0.1, -0.05) is 25.1 Å². The van der Waals surface area contributed by atoms with Gasteiger partial charge in [0.05, 0.1) is 5.92 Å². The number of carboxylic acids is 1. The van der Waals surface area contributed by atoms with Gasteiger partial charge in [-0.25, -0.2) is 0 Å². The summed E-state index contributed by atoms with van der Waals surface area (Å²) in [5.74, 6) is -1.47. The summed E-state index contributed by atoms with van der Waals surface area (Å²) in [5.41, 5.74) is 0.673. The molecule has 0 bridgehead atoms. The van der Waals surface area contributed by atoms with Crippen molar-refractivity contribution in [3.05, 3.63) is 35.9 Å². The summed E-state index contributed by atoms with van der Waals surface area (Å²) < 4.78 is 0. The Bertz CT molecular complexity index is 664. The maximum atomic E-state index is 12.9. The maximum absolute atomic E-state index is 12.9. The molecule has 0 spiro atoms. The van der Waals surface area contributed by atoms with Crippen LogP contribution in [0.4, 0.5) is 0 Å². The summed E-state index contributed by atoms with van der Waals surface area (Å²) in [6.45, 7) is 3.06. The number of aliphatic carboxylic acids is 1. The topological polar surface area (TPSA) is 77.9 Å². The zero-order valence-corrected chi connectivity index (χ0v) is 15.1. The second kappa shape index (κ2) is 7.89. The van der Waals surface area contributed by atoms with Gasteiger partial charge in [0.2, 0.25) is 5.91 Å². The van der Waals surface area contributed by atoms with Crippen LogP contribution >= 0.6 is 0 Å². The molecule has 2 amide bonds. The Morgan fingerprint density at radius 1 is 1.12 bits per heavy atom. The largest absolute Gasteiger partial charge is 0.481 e. The lowest BCUT2D eigenvalue weighted by Crippen LogP contribution is -2.46. The third kappa shape index (κ3) is 4.23. The van der Waals surface area contributed by atoms with E-state index in [-0.39, 0.29) is 30.3 Å². The molecule has 1 atom stereocenters. The van der Waals surface area contributed by atoms with E-state index in [2.05, 4.69) is 0 Å². The molecule has 1 aromatic carbocycles. The second-order valence-electron chi connectivity index (χ2n) is 7.39. The fourth-order valence-corrected chi connectivity index (χ4v) is 3.51. The zero-order valence-electron chi connectivity index (χ0n) is 15.1. The third-order valence-electron chi connectivity index (χ3n) is 5.32. The molecular weight excluding hydrogens is 332 g/mol. The minimum absolute atomic E-state index is 0.00930. The number of hydrogen-bond donors (Lipinski definition) is 1. The maximum Gasteiger partial charge on any atom is 0.308 e. The van der Waals surface area contributed by atoms with Crippen LogP contribution in [0, 0.1) is 11.8 Å². The van der Waals surface area contributed by atoms with Crippen LogP contribution in [-0.2, 0) is 9.59 Å². The molecule has 1 aromatic rings. The molecule has 2 aliphatic rings. The smallest absolute Gasteiger partial charge is 0.308 e. The first kappa shape index (κ1) is 18.4. The molecule has 1 saturated heterocycles. The van der Waals surface area contributed by atoms with Gasteiger partial charge in [-0.15, -0.1) is 0 Å². The van der Waals surface area contributed by atoms with E-state index in [1.807, 2.05) is 30.3 Å². The Morgan fingerprint density at radius 3 is 2.27 bits per heavy atom. The summed E-state index contributed by atoms with van der Waals surface area (Å²) in [5, 5.41) is 9.15. The number of carboxylic acid groups (broad SMARTS) is 1. The van der Waals surface area contributed by atoms with Crippen molar-refractivity contribution in [2.45, 2.75) is 38.6 Å². The normalized spacial score (nSPS) is 19.0. The van der Waals surface area contributed by atoms with Gasteiger partial charge in [-0.2, -0.15) is 0 Å². The summed E-state index contributed by atoms with van der Waals surface area (Å²) >= 11 is 0. The van der Waals surface area contributed by atoms with Crippen LogP contribution in [0.3, 0.4) is 0 Å². The third-order valence-corrected chi connectivity index (χ3v) is 5.32. The number of nitrogens with zero attached hydrogens (tertiary/aromatic N) is 2. The quantitative estimate of drug-likeness (QED) is 0.846. The summed E-state index contributed by atoms with van der Waals surface area (Å²) in [6, 6.07) is 9.39. The number of amides is 2.